The summed E-state index contributed by atoms with van der Waals surface area (Å²) in [6.45, 7) is 2.17. The molecule has 128 valence electrons. The highest BCUT2D eigenvalue weighted by molar-refractivity contribution is 5.99. The highest BCUT2D eigenvalue weighted by Crippen LogP contribution is 2.29. The molecule has 0 saturated carbocycles. The number of benzene rings is 2. The molecule has 1 aliphatic heterocycles. The van der Waals surface area contributed by atoms with Gasteiger partial charge < -0.3 is 15.6 Å². The highest BCUT2D eigenvalue weighted by Gasteiger charge is 2.16. The smallest absolute Gasteiger partial charge is 0.248 e. The summed E-state index contributed by atoms with van der Waals surface area (Å²) < 4.78 is 0. The van der Waals surface area contributed by atoms with Crippen molar-refractivity contribution in [2.24, 2.45) is 5.73 Å². The standard InChI is InChI=1S/C21H23N3O/c22-21(25)17-12-16(11-15-7-3-1-4-8-15)18-14-20(23-19(18)13-17)24-9-5-2-6-10-24/h1,3-4,7-8,12-14,23H,2,5-6,9-11H2,(H2,22,25). The molecule has 4 rings (SSSR count). The van der Waals surface area contributed by atoms with E-state index in [-0.39, 0.29) is 5.91 Å². The van der Waals surface area contributed by atoms with Crippen LogP contribution in [0.3, 0.4) is 0 Å². The number of nitrogens with one attached hydrogen (secondary N) is 1. The second-order valence-electron chi connectivity index (χ2n) is 6.83. The number of piperidine rings is 1. The van der Waals surface area contributed by atoms with E-state index < -0.39 is 0 Å². The maximum Gasteiger partial charge on any atom is 0.248 e. The van der Waals surface area contributed by atoms with E-state index in [1.165, 1.54) is 30.2 Å². The first-order valence-electron chi connectivity index (χ1n) is 8.95. The third-order valence-corrected chi connectivity index (χ3v) is 5.03. The molecule has 1 fully saturated rings. The van der Waals surface area contributed by atoms with Crippen LogP contribution in [-0.2, 0) is 6.42 Å². The Kier molecular flexibility index (Phi) is 4.18. The van der Waals surface area contributed by atoms with Gasteiger partial charge in [-0.15, -0.1) is 0 Å². The molecular formula is C21H23N3O. The van der Waals surface area contributed by atoms with Gasteiger partial charge in [0.1, 0.15) is 5.82 Å². The van der Waals surface area contributed by atoms with Gasteiger partial charge in [-0.05, 0) is 55.0 Å². The summed E-state index contributed by atoms with van der Waals surface area (Å²) in [4.78, 5) is 17.7. The molecule has 2 heterocycles. The number of carbonyl (C=O) groups excluding carboxylic acids is 1. The number of nitrogens with two attached hydrogens (primary N) is 1. The largest absolute Gasteiger partial charge is 0.366 e. The first-order valence-corrected chi connectivity index (χ1v) is 8.95. The van der Waals surface area contributed by atoms with E-state index in [9.17, 15) is 4.79 Å². The molecule has 25 heavy (non-hydrogen) atoms. The first-order chi connectivity index (χ1) is 12.2. The fraction of sp³-hybridized carbons (Fsp3) is 0.286. The molecule has 4 heteroatoms. The third-order valence-electron chi connectivity index (χ3n) is 5.03. The molecule has 0 atom stereocenters. The van der Waals surface area contributed by atoms with E-state index in [4.69, 9.17) is 5.73 Å². The van der Waals surface area contributed by atoms with Crippen LogP contribution >= 0.6 is 0 Å². The predicted octanol–water partition coefficient (Wildman–Crippen LogP) is 3.85. The predicted molar refractivity (Wildman–Crippen MR) is 102 cm³/mol. The highest BCUT2D eigenvalue weighted by atomic mass is 16.1. The molecule has 3 aromatic rings. The van der Waals surface area contributed by atoms with Crippen molar-refractivity contribution >= 4 is 22.6 Å². The molecule has 3 N–H and O–H groups in total. The summed E-state index contributed by atoms with van der Waals surface area (Å²) in [6, 6.07) is 16.4. The molecule has 1 aliphatic rings. The van der Waals surface area contributed by atoms with E-state index in [1.54, 1.807) is 0 Å². The number of fused-ring (bicyclic) bond motifs is 1. The number of aromatic amines is 1. The van der Waals surface area contributed by atoms with Crippen LogP contribution in [0.5, 0.6) is 0 Å². The molecule has 0 radical (unpaired) electrons. The lowest BCUT2D eigenvalue weighted by molar-refractivity contribution is 0.100. The van der Waals surface area contributed by atoms with Crippen LogP contribution in [0, 0.1) is 0 Å². The van der Waals surface area contributed by atoms with Gasteiger partial charge in [0.05, 0.1) is 0 Å². The average molecular weight is 333 g/mol. The van der Waals surface area contributed by atoms with E-state index in [1.807, 2.05) is 30.3 Å². The number of hydrogen-bond donors (Lipinski definition) is 2. The van der Waals surface area contributed by atoms with Crippen LogP contribution in [0.15, 0.2) is 48.5 Å². The zero-order chi connectivity index (χ0) is 17.2. The summed E-state index contributed by atoms with van der Waals surface area (Å²) >= 11 is 0. The Morgan fingerprint density at radius 1 is 1.04 bits per heavy atom. The molecule has 0 bridgehead atoms. The van der Waals surface area contributed by atoms with Gasteiger partial charge in [-0.1, -0.05) is 30.3 Å². The van der Waals surface area contributed by atoms with Gasteiger partial charge >= 0.3 is 0 Å². The summed E-state index contributed by atoms with van der Waals surface area (Å²) in [5.74, 6) is 0.760. The van der Waals surface area contributed by atoms with Crippen molar-refractivity contribution in [3.05, 3.63) is 65.2 Å². The van der Waals surface area contributed by atoms with Gasteiger partial charge in [-0.2, -0.15) is 0 Å². The van der Waals surface area contributed by atoms with E-state index in [0.717, 1.165) is 36.4 Å². The Labute approximate surface area is 147 Å². The minimum Gasteiger partial charge on any atom is -0.366 e. The molecular weight excluding hydrogens is 310 g/mol. The number of carbonyl (C=O) groups is 1. The van der Waals surface area contributed by atoms with Crippen LogP contribution in [-0.4, -0.2) is 24.0 Å². The molecule has 0 aliphatic carbocycles. The van der Waals surface area contributed by atoms with Gasteiger partial charge in [0.2, 0.25) is 5.91 Å². The van der Waals surface area contributed by atoms with E-state index in [0.29, 0.717) is 5.56 Å². The second kappa shape index (κ2) is 6.63. The number of H-pyrrole nitrogens is 1. The summed E-state index contributed by atoms with van der Waals surface area (Å²) in [7, 11) is 0. The van der Waals surface area contributed by atoms with Gasteiger partial charge in [0, 0.05) is 29.6 Å². The zero-order valence-corrected chi connectivity index (χ0v) is 14.3. The van der Waals surface area contributed by atoms with Crippen LogP contribution in [0.2, 0.25) is 0 Å². The number of aromatic nitrogens is 1. The number of nitrogens with zero attached hydrogens (tertiary/aromatic N) is 1. The van der Waals surface area contributed by atoms with Crippen molar-refractivity contribution in [1.82, 2.24) is 4.98 Å². The second-order valence-corrected chi connectivity index (χ2v) is 6.83. The molecule has 2 aromatic carbocycles. The van der Waals surface area contributed by atoms with Crippen molar-refractivity contribution in [1.29, 1.82) is 0 Å². The number of anilines is 1. The fourth-order valence-electron chi connectivity index (χ4n) is 3.71. The van der Waals surface area contributed by atoms with Crippen molar-refractivity contribution in [2.45, 2.75) is 25.7 Å². The monoisotopic (exact) mass is 333 g/mol. The quantitative estimate of drug-likeness (QED) is 0.762. The van der Waals surface area contributed by atoms with Crippen molar-refractivity contribution in [2.75, 3.05) is 18.0 Å². The lowest BCUT2D eigenvalue weighted by Crippen LogP contribution is -2.29. The van der Waals surface area contributed by atoms with E-state index >= 15 is 0 Å². The molecule has 1 aromatic heterocycles. The van der Waals surface area contributed by atoms with E-state index in [2.05, 4.69) is 28.1 Å². The first kappa shape index (κ1) is 15.8. The molecule has 4 nitrogen and oxygen atoms in total. The summed E-state index contributed by atoms with van der Waals surface area (Å²) in [6.07, 6.45) is 4.56. The van der Waals surface area contributed by atoms with Crippen LogP contribution in [0.25, 0.3) is 10.9 Å². The molecule has 0 spiro atoms. The number of primary amides is 1. The van der Waals surface area contributed by atoms with Crippen molar-refractivity contribution in [3.63, 3.8) is 0 Å². The Hall–Kier alpha value is -2.75. The SMILES string of the molecule is NC(=O)c1cc(Cc2ccccc2)c2cc(N3CCCCC3)[nH]c2c1. The fourth-order valence-corrected chi connectivity index (χ4v) is 3.71. The summed E-state index contributed by atoms with van der Waals surface area (Å²) in [5, 5.41) is 1.18. The van der Waals surface area contributed by atoms with Crippen LogP contribution < -0.4 is 10.6 Å². The molecule has 1 amide bonds. The molecule has 0 unspecified atom stereocenters. The Morgan fingerprint density at radius 3 is 2.52 bits per heavy atom. The third kappa shape index (κ3) is 3.25. The Morgan fingerprint density at radius 2 is 1.80 bits per heavy atom. The zero-order valence-electron chi connectivity index (χ0n) is 14.3. The van der Waals surface area contributed by atoms with Gasteiger partial charge in [-0.25, -0.2) is 0 Å². The molecule has 1 saturated heterocycles. The van der Waals surface area contributed by atoms with Crippen molar-refractivity contribution in [3.8, 4) is 0 Å². The number of hydrogen-bond acceptors (Lipinski definition) is 2. The van der Waals surface area contributed by atoms with Crippen molar-refractivity contribution < 1.29 is 4.79 Å². The maximum atomic E-state index is 11.8. The van der Waals surface area contributed by atoms with Crippen LogP contribution in [0.4, 0.5) is 5.82 Å². The minimum atomic E-state index is -0.384. The van der Waals surface area contributed by atoms with Gasteiger partial charge in [-0.3, -0.25) is 4.79 Å². The van der Waals surface area contributed by atoms with Gasteiger partial charge in [0.25, 0.3) is 0 Å². The topological polar surface area (TPSA) is 62.1 Å². The Balaban J connectivity index is 1.78. The average Bonchev–Trinajstić information content (AvgIpc) is 3.08. The minimum absolute atomic E-state index is 0.384. The summed E-state index contributed by atoms with van der Waals surface area (Å²) in [5.41, 5.74) is 9.47. The van der Waals surface area contributed by atoms with Gasteiger partial charge in [0.15, 0.2) is 0 Å². The lowest BCUT2D eigenvalue weighted by Gasteiger charge is -2.27. The normalized spacial score (nSPS) is 14.8. The number of rotatable bonds is 4. The maximum absolute atomic E-state index is 11.8. The number of amides is 1. The van der Waals surface area contributed by atoms with Crippen LogP contribution in [0.1, 0.15) is 40.7 Å². The lowest BCUT2D eigenvalue weighted by atomic mass is 9.99. The Bertz CT molecular complexity index is 892.